The fourth-order valence-electron chi connectivity index (χ4n) is 1.47. The maximum Gasteiger partial charge on any atom is 0.330 e. The van der Waals surface area contributed by atoms with Crippen LogP contribution >= 0.6 is 0 Å². The van der Waals surface area contributed by atoms with Crippen molar-refractivity contribution in [1.82, 2.24) is 0 Å². The molecule has 2 nitrogen and oxygen atoms in total. The molecule has 1 atom stereocenters. The third-order valence-corrected chi connectivity index (χ3v) is 2.49. The quantitative estimate of drug-likeness (QED) is 0.289. The minimum atomic E-state index is -0.267. The number of hydrogen-bond donors (Lipinski definition) is 0. The van der Waals surface area contributed by atoms with E-state index < -0.39 is 0 Å². The molecule has 0 saturated heterocycles. The van der Waals surface area contributed by atoms with Crippen LogP contribution in [0.3, 0.4) is 0 Å². The molecule has 0 aromatic rings. The number of hydrogen-bond acceptors (Lipinski definition) is 2. The Hall–Kier alpha value is -1.31. The average Bonchev–Trinajstić information content (AvgIpc) is 2.26. The Labute approximate surface area is 111 Å². The molecule has 1 unspecified atom stereocenters. The van der Waals surface area contributed by atoms with Gasteiger partial charge in [0.15, 0.2) is 0 Å². The smallest absolute Gasteiger partial charge is 0.330 e. The first-order valence-electron chi connectivity index (χ1n) is 6.62. The second-order valence-electron chi connectivity index (χ2n) is 4.84. The Morgan fingerprint density at radius 1 is 1.28 bits per heavy atom. The minimum Gasteiger partial charge on any atom is -0.463 e. The van der Waals surface area contributed by atoms with Gasteiger partial charge in [0, 0.05) is 6.08 Å². The summed E-state index contributed by atoms with van der Waals surface area (Å²) in [4.78, 5) is 11.2. The highest BCUT2D eigenvalue weighted by molar-refractivity contribution is 5.83. The van der Waals surface area contributed by atoms with Gasteiger partial charge in [0.25, 0.3) is 0 Å². The predicted octanol–water partition coefficient (Wildman–Crippen LogP) is 4.43. The summed E-state index contributed by atoms with van der Waals surface area (Å²) in [5, 5.41) is 0. The first-order chi connectivity index (χ1) is 8.45. The van der Waals surface area contributed by atoms with Crippen LogP contribution in [0.15, 0.2) is 35.5 Å². The van der Waals surface area contributed by atoms with Gasteiger partial charge in [-0.15, -0.1) is 0 Å². The van der Waals surface area contributed by atoms with Gasteiger partial charge in [-0.05, 0) is 52.0 Å². The van der Waals surface area contributed by atoms with E-state index in [1.165, 1.54) is 11.6 Å². The summed E-state index contributed by atoms with van der Waals surface area (Å²) in [6, 6.07) is 0. The van der Waals surface area contributed by atoms with Gasteiger partial charge in [-0.1, -0.05) is 30.7 Å². The van der Waals surface area contributed by atoms with Crippen LogP contribution in [-0.2, 0) is 9.53 Å². The summed E-state index contributed by atoms with van der Waals surface area (Å²) >= 11 is 0. The number of allylic oxidation sites excluding steroid dienone is 5. The van der Waals surface area contributed by atoms with E-state index >= 15 is 0 Å². The highest BCUT2D eigenvalue weighted by Gasteiger charge is 1.97. The van der Waals surface area contributed by atoms with Crippen LogP contribution in [-0.4, -0.2) is 12.6 Å². The topological polar surface area (TPSA) is 26.3 Å². The van der Waals surface area contributed by atoms with Crippen molar-refractivity contribution in [3.8, 4) is 0 Å². The van der Waals surface area contributed by atoms with Crippen molar-refractivity contribution in [2.24, 2.45) is 5.92 Å². The molecule has 0 radical (unpaired) electrons. The zero-order chi connectivity index (χ0) is 14.0. The predicted molar refractivity (Wildman–Crippen MR) is 77.4 cm³/mol. The molecule has 102 valence electrons. The Morgan fingerprint density at radius 3 is 2.50 bits per heavy atom. The average molecular weight is 250 g/mol. The van der Waals surface area contributed by atoms with Crippen molar-refractivity contribution in [2.75, 3.05) is 6.61 Å². The monoisotopic (exact) mass is 250 g/mol. The van der Waals surface area contributed by atoms with E-state index in [-0.39, 0.29) is 5.97 Å². The highest BCUT2D eigenvalue weighted by atomic mass is 16.5. The minimum absolute atomic E-state index is 0.267. The molecule has 0 aliphatic heterocycles. The highest BCUT2D eigenvalue weighted by Crippen LogP contribution is 2.10. The molecule has 0 bridgehead atoms. The van der Waals surface area contributed by atoms with Gasteiger partial charge in [-0.3, -0.25) is 0 Å². The van der Waals surface area contributed by atoms with E-state index in [4.69, 9.17) is 4.74 Å². The van der Waals surface area contributed by atoms with Crippen LogP contribution in [0.25, 0.3) is 0 Å². The van der Waals surface area contributed by atoms with Crippen LogP contribution in [0.2, 0.25) is 0 Å². The molecule has 0 N–H and O–H groups in total. The number of carbonyl (C=O) groups excluding carboxylic acids is 1. The second kappa shape index (κ2) is 9.69. The molecule has 0 aliphatic carbocycles. The summed E-state index contributed by atoms with van der Waals surface area (Å²) in [6.07, 6.45) is 10.2. The van der Waals surface area contributed by atoms with Gasteiger partial charge in [0.1, 0.15) is 0 Å². The van der Waals surface area contributed by atoms with Crippen molar-refractivity contribution >= 4 is 5.97 Å². The van der Waals surface area contributed by atoms with Crippen molar-refractivity contribution in [1.29, 1.82) is 0 Å². The molecule has 0 aliphatic rings. The molecular weight excluding hydrogens is 224 g/mol. The van der Waals surface area contributed by atoms with E-state index in [0.717, 1.165) is 18.4 Å². The SMILES string of the molecule is CCOC(=O)/C=C(C)/C=C/C(C)CCC=C(C)C. The van der Waals surface area contributed by atoms with Crippen LogP contribution in [0, 0.1) is 5.92 Å². The summed E-state index contributed by atoms with van der Waals surface area (Å²) in [7, 11) is 0. The summed E-state index contributed by atoms with van der Waals surface area (Å²) in [6.45, 7) is 10.6. The fourth-order valence-corrected chi connectivity index (χ4v) is 1.47. The standard InChI is InChI=1S/C16H26O2/c1-6-18-16(17)12-15(5)11-10-14(4)9-7-8-13(2)3/h8,10-12,14H,6-7,9H2,1-5H3/b11-10+,15-12+. The van der Waals surface area contributed by atoms with Gasteiger partial charge in [-0.25, -0.2) is 4.79 Å². The maximum absolute atomic E-state index is 11.2. The Morgan fingerprint density at radius 2 is 1.94 bits per heavy atom. The summed E-state index contributed by atoms with van der Waals surface area (Å²) in [5.41, 5.74) is 2.30. The lowest BCUT2D eigenvalue weighted by atomic mass is 10.0. The van der Waals surface area contributed by atoms with E-state index in [0.29, 0.717) is 12.5 Å². The summed E-state index contributed by atoms with van der Waals surface area (Å²) < 4.78 is 4.85. The van der Waals surface area contributed by atoms with Gasteiger partial charge in [0.05, 0.1) is 6.61 Å². The van der Waals surface area contributed by atoms with Crippen LogP contribution in [0.1, 0.15) is 47.5 Å². The summed E-state index contributed by atoms with van der Waals surface area (Å²) in [5.74, 6) is 0.253. The second-order valence-corrected chi connectivity index (χ2v) is 4.84. The van der Waals surface area contributed by atoms with Gasteiger partial charge < -0.3 is 4.74 Å². The van der Waals surface area contributed by atoms with Crippen LogP contribution < -0.4 is 0 Å². The molecular formula is C16H26O2. The number of esters is 1. The van der Waals surface area contributed by atoms with Crippen molar-refractivity contribution in [2.45, 2.75) is 47.5 Å². The first kappa shape index (κ1) is 16.7. The molecule has 0 amide bonds. The fraction of sp³-hybridized carbons (Fsp3) is 0.562. The molecule has 0 heterocycles. The molecule has 0 rings (SSSR count). The lowest BCUT2D eigenvalue weighted by Gasteiger charge is -2.03. The Bertz CT molecular complexity index is 331. The largest absolute Gasteiger partial charge is 0.463 e. The Kier molecular flexibility index (Phi) is 8.99. The zero-order valence-electron chi connectivity index (χ0n) is 12.3. The molecule has 2 heteroatoms. The van der Waals surface area contributed by atoms with Gasteiger partial charge in [-0.2, -0.15) is 0 Å². The van der Waals surface area contributed by atoms with Crippen molar-refractivity contribution in [3.05, 3.63) is 35.5 Å². The number of rotatable bonds is 7. The van der Waals surface area contributed by atoms with E-state index in [1.807, 2.05) is 19.9 Å². The lowest BCUT2D eigenvalue weighted by Crippen LogP contribution is -1.99. The number of ether oxygens (including phenoxy) is 1. The lowest BCUT2D eigenvalue weighted by molar-refractivity contribution is -0.137. The third-order valence-electron chi connectivity index (χ3n) is 2.49. The molecule has 0 aromatic carbocycles. The first-order valence-corrected chi connectivity index (χ1v) is 6.62. The molecule has 0 spiro atoms. The van der Waals surface area contributed by atoms with Crippen LogP contribution in [0.5, 0.6) is 0 Å². The zero-order valence-corrected chi connectivity index (χ0v) is 12.3. The van der Waals surface area contributed by atoms with Crippen LogP contribution in [0.4, 0.5) is 0 Å². The van der Waals surface area contributed by atoms with E-state index in [2.05, 4.69) is 32.9 Å². The Balaban J connectivity index is 4.12. The molecule has 0 fully saturated rings. The maximum atomic E-state index is 11.2. The third kappa shape index (κ3) is 9.88. The van der Waals surface area contributed by atoms with E-state index in [9.17, 15) is 4.79 Å². The van der Waals surface area contributed by atoms with Crippen molar-refractivity contribution in [3.63, 3.8) is 0 Å². The molecule has 0 aromatic heterocycles. The normalized spacial score (nSPS) is 13.5. The van der Waals surface area contributed by atoms with Gasteiger partial charge >= 0.3 is 5.97 Å². The van der Waals surface area contributed by atoms with Crippen molar-refractivity contribution < 1.29 is 9.53 Å². The molecule has 18 heavy (non-hydrogen) atoms. The molecule has 0 saturated carbocycles. The number of carbonyl (C=O) groups is 1. The van der Waals surface area contributed by atoms with E-state index in [1.54, 1.807) is 0 Å². The van der Waals surface area contributed by atoms with Gasteiger partial charge in [0.2, 0.25) is 0 Å².